The fraction of sp³-hybridized carbons (Fsp3) is 0.500. The molecule has 1 atom stereocenters. The number of rotatable bonds is 7. The van der Waals surface area contributed by atoms with Crippen molar-refractivity contribution in [2.45, 2.75) is 12.8 Å². The highest BCUT2D eigenvalue weighted by Gasteiger charge is 2.34. The maximum absolute atomic E-state index is 12.1. The van der Waals surface area contributed by atoms with Crippen LogP contribution in [0.15, 0.2) is 24.3 Å². The lowest BCUT2D eigenvalue weighted by Crippen LogP contribution is -2.34. The lowest BCUT2D eigenvalue weighted by Gasteiger charge is -2.17. The highest BCUT2D eigenvalue weighted by atomic mass is 16.5. The van der Waals surface area contributed by atoms with E-state index < -0.39 is 0 Å². The monoisotopic (exact) mass is 305 g/mol. The predicted octanol–water partition coefficient (Wildman–Crippen LogP) is 0.774. The molecular formula is C16H23N3O3. The number of nitrogens with zero attached hydrogens (tertiary/aromatic N) is 1. The van der Waals surface area contributed by atoms with Crippen molar-refractivity contribution in [2.24, 2.45) is 5.92 Å². The Morgan fingerprint density at radius 2 is 2.05 bits per heavy atom. The molecule has 22 heavy (non-hydrogen) atoms. The molecule has 1 aliphatic rings. The molecule has 1 aliphatic heterocycles. The second-order valence-electron chi connectivity index (χ2n) is 5.35. The zero-order valence-electron chi connectivity index (χ0n) is 13.1. The molecule has 1 saturated heterocycles. The van der Waals surface area contributed by atoms with E-state index in [0.29, 0.717) is 13.1 Å². The molecule has 1 heterocycles. The van der Waals surface area contributed by atoms with Gasteiger partial charge >= 0.3 is 0 Å². The van der Waals surface area contributed by atoms with Crippen molar-refractivity contribution < 1.29 is 14.3 Å². The van der Waals surface area contributed by atoms with Crippen LogP contribution in [0.3, 0.4) is 0 Å². The first-order chi connectivity index (χ1) is 10.7. The van der Waals surface area contributed by atoms with Crippen LogP contribution >= 0.6 is 0 Å². The van der Waals surface area contributed by atoms with E-state index >= 15 is 0 Å². The molecule has 1 fully saturated rings. The molecule has 1 aromatic carbocycles. The van der Waals surface area contributed by atoms with E-state index in [1.165, 1.54) is 0 Å². The summed E-state index contributed by atoms with van der Waals surface area (Å²) in [5.41, 5.74) is 0.802. The van der Waals surface area contributed by atoms with Gasteiger partial charge in [0.15, 0.2) is 0 Å². The number of carbonyl (C=O) groups excluding carboxylic acids is 2. The van der Waals surface area contributed by atoms with Crippen LogP contribution in [0.4, 0.5) is 5.69 Å². The van der Waals surface area contributed by atoms with Crippen molar-refractivity contribution in [3.8, 4) is 5.75 Å². The molecule has 2 amide bonds. The molecule has 0 saturated carbocycles. The van der Waals surface area contributed by atoms with Crippen molar-refractivity contribution in [3.63, 3.8) is 0 Å². The second kappa shape index (κ2) is 7.79. The smallest absolute Gasteiger partial charge is 0.227 e. The van der Waals surface area contributed by atoms with Gasteiger partial charge < -0.3 is 20.3 Å². The quantitative estimate of drug-likeness (QED) is 0.730. The number of hydrogen-bond acceptors (Lipinski definition) is 4. The molecule has 0 spiro atoms. The molecule has 6 nitrogen and oxygen atoms in total. The lowest BCUT2D eigenvalue weighted by atomic mass is 10.1. The van der Waals surface area contributed by atoms with Gasteiger partial charge in [0.05, 0.1) is 13.0 Å². The Morgan fingerprint density at radius 1 is 1.32 bits per heavy atom. The van der Waals surface area contributed by atoms with Crippen molar-refractivity contribution >= 4 is 17.5 Å². The molecule has 0 aliphatic carbocycles. The summed E-state index contributed by atoms with van der Waals surface area (Å²) in [6.45, 7) is 1.93. The van der Waals surface area contributed by atoms with Crippen LogP contribution in [0.5, 0.6) is 5.75 Å². The third-order valence-electron chi connectivity index (χ3n) is 3.78. The summed E-state index contributed by atoms with van der Waals surface area (Å²) in [7, 11) is 3.48. The van der Waals surface area contributed by atoms with Gasteiger partial charge in [0.1, 0.15) is 5.75 Å². The van der Waals surface area contributed by atoms with Crippen molar-refractivity contribution in [1.29, 1.82) is 0 Å². The minimum Gasteiger partial charge on any atom is -0.497 e. The van der Waals surface area contributed by atoms with Crippen LogP contribution in [-0.2, 0) is 9.59 Å². The fourth-order valence-corrected chi connectivity index (χ4v) is 2.52. The minimum atomic E-state index is -0.274. The first-order valence-corrected chi connectivity index (χ1v) is 7.52. The molecule has 0 aromatic heterocycles. The van der Waals surface area contributed by atoms with Crippen LogP contribution in [0.1, 0.15) is 12.8 Å². The van der Waals surface area contributed by atoms with Gasteiger partial charge in [-0.15, -0.1) is 0 Å². The Morgan fingerprint density at radius 3 is 2.68 bits per heavy atom. The van der Waals surface area contributed by atoms with Gasteiger partial charge in [-0.3, -0.25) is 9.59 Å². The first-order valence-electron chi connectivity index (χ1n) is 7.52. The molecule has 1 aromatic rings. The van der Waals surface area contributed by atoms with Crippen molar-refractivity contribution in [3.05, 3.63) is 24.3 Å². The molecule has 6 heteroatoms. The maximum Gasteiger partial charge on any atom is 0.227 e. The van der Waals surface area contributed by atoms with E-state index in [-0.39, 0.29) is 24.2 Å². The van der Waals surface area contributed by atoms with Gasteiger partial charge in [-0.1, -0.05) is 0 Å². The zero-order valence-corrected chi connectivity index (χ0v) is 13.1. The lowest BCUT2D eigenvalue weighted by molar-refractivity contribution is -0.126. The van der Waals surface area contributed by atoms with E-state index in [4.69, 9.17) is 4.74 Å². The number of anilines is 1. The van der Waals surface area contributed by atoms with E-state index in [9.17, 15) is 9.59 Å². The number of nitrogens with one attached hydrogen (secondary N) is 2. The number of ether oxygens (including phenoxy) is 1. The molecule has 0 bridgehead atoms. The summed E-state index contributed by atoms with van der Waals surface area (Å²) in [6, 6.07) is 7.30. The van der Waals surface area contributed by atoms with E-state index in [2.05, 4.69) is 10.6 Å². The number of methoxy groups -OCH3 is 1. The van der Waals surface area contributed by atoms with Gasteiger partial charge in [-0.2, -0.15) is 0 Å². The van der Waals surface area contributed by atoms with Crippen LogP contribution in [0.2, 0.25) is 0 Å². The van der Waals surface area contributed by atoms with Crippen LogP contribution in [-0.4, -0.2) is 45.6 Å². The van der Waals surface area contributed by atoms with E-state index in [0.717, 1.165) is 24.4 Å². The molecule has 120 valence electrons. The Bertz CT molecular complexity index is 516. The van der Waals surface area contributed by atoms with Crippen LogP contribution in [0.25, 0.3) is 0 Å². The molecule has 2 rings (SSSR count). The summed E-state index contributed by atoms with van der Waals surface area (Å²) >= 11 is 0. The fourth-order valence-electron chi connectivity index (χ4n) is 2.52. The van der Waals surface area contributed by atoms with Gasteiger partial charge in [0.2, 0.25) is 11.8 Å². The number of benzene rings is 1. The summed E-state index contributed by atoms with van der Waals surface area (Å²) in [5.74, 6) is 0.416. The predicted molar refractivity (Wildman–Crippen MR) is 85.0 cm³/mol. The van der Waals surface area contributed by atoms with E-state index in [1.54, 1.807) is 12.0 Å². The third kappa shape index (κ3) is 3.98. The Kier molecular flexibility index (Phi) is 5.77. The zero-order chi connectivity index (χ0) is 15.9. The standard InChI is InChI=1S/C16H23N3O3/c1-17-8-3-9-18-16(21)12-10-15(20)19(11-12)13-4-6-14(22-2)7-5-13/h4-7,12,17H,3,8-11H2,1-2H3,(H,18,21). The third-order valence-corrected chi connectivity index (χ3v) is 3.78. The highest BCUT2D eigenvalue weighted by Crippen LogP contribution is 2.26. The Balaban J connectivity index is 1.90. The average Bonchev–Trinajstić information content (AvgIpc) is 2.93. The molecule has 1 unspecified atom stereocenters. The van der Waals surface area contributed by atoms with Gasteiger partial charge in [-0.25, -0.2) is 0 Å². The van der Waals surface area contributed by atoms with Crippen molar-refractivity contribution in [1.82, 2.24) is 10.6 Å². The summed E-state index contributed by atoms with van der Waals surface area (Å²) in [5, 5.41) is 5.92. The van der Waals surface area contributed by atoms with Crippen molar-refractivity contribution in [2.75, 3.05) is 38.7 Å². The Hall–Kier alpha value is -2.08. The summed E-state index contributed by atoms with van der Waals surface area (Å²) < 4.78 is 5.11. The maximum atomic E-state index is 12.1. The van der Waals surface area contributed by atoms with Crippen LogP contribution < -0.4 is 20.3 Å². The van der Waals surface area contributed by atoms with Gasteiger partial charge in [-0.05, 0) is 44.3 Å². The normalized spacial score (nSPS) is 17.6. The first kappa shape index (κ1) is 16.3. The molecule has 0 radical (unpaired) electrons. The number of amides is 2. The SMILES string of the molecule is CNCCCNC(=O)C1CC(=O)N(c2ccc(OC)cc2)C1. The highest BCUT2D eigenvalue weighted by molar-refractivity contribution is 6.00. The average molecular weight is 305 g/mol. The summed E-state index contributed by atoms with van der Waals surface area (Å²) in [4.78, 5) is 25.9. The van der Waals surface area contributed by atoms with Gasteiger partial charge in [0, 0.05) is 25.2 Å². The molecular weight excluding hydrogens is 282 g/mol. The largest absolute Gasteiger partial charge is 0.497 e. The number of carbonyl (C=O) groups is 2. The molecule has 2 N–H and O–H groups in total. The van der Waals surface area contributed by atoms with E-state index in [1.807, 2.05) is 31.3 Å². The van der Waals surface area contributed by atoms with Crippen LogP contribution in [0, 0.1) is 5.92 Å². The second-order valence-corrected chi connectivity index (χ2v) is 5.35. The minimum absolute atomic E-state index is 0.0134. The van der Waals surface area contributed by atoms with Gasteiger partial charge in [0.25, 0.3) is 0 Å². The summed E-state index contributed by atoms with van der Waals surface area (Å²) in [6.07, 6.45) is 1.15. The number of hydrogen-bond donors (Lipinski definition) is 2. The Labute approximate surface area is 130 Å². The topological polar surface area (TPSA) is 70.7 Å².